The van der Waals surface area contributed by atoms with Gasteiger partial charge in [-0.2, -0.15) is 0 Å². The summed E-state index contributed by atoms with van der Waals surface area (Å²) in [5.41, 5.74) is 6.55. The normalized spacial score (nSPS) is 12.0. The maximum Gasteiger partial charge on any atom is 0.238 e. The molecule has 2 N–H and O–H groups in total. The van der Waals surface area contributed by atoms with Crippen molar-refractivity contribution in [2.45, 2.75) is 25.2 Å². The van der Waals surface area contributed by atoms with Gasteiger partial charge in [0.05, 0.1) is 10.6 Å². The molecule has 0 atom stereocenters. The van der Waals surface area contributed by atoms with Crippen molar-refractivity contribution in [1.29, 1.82) is 0 Å². The van der Waals surface area contributed by atoms with E-state index in [-0.39, 0.29) is 10.7 Å². The Kier molecular flexibility index (Phi) is 7.73. The van der Waals surface area contributed by atoms with Crippen LogP contribution in [-0.2, 0) is 16.4 Å². The third-order valence-corrected chi connectivity index (χ3v) is 7.91. The third-order valence-electron chi connectivity index (χ3n) is 5.94. The Morgan fingerprint density at radius 2 is 1.84 bits per heavy atom. The summed E-state index contributed by atoms with van der Waals surface area (Å²) in [6, 6.07) is 19.2. The second-order valence-electron chi connectivity index (χ2n) is 8.95. The largest absolute Gasteiger partial charge is 0.327 e. The Labute approximate surface area is 221 Å². The molecular weight excluding hydrogens is 505 g/mol. The quantitative estimate of drug-likeness (QED) is 0.263. The van der Waals surface area contributed by atoms with E-state index in [0.29, 0.717) is 12.0 Å². The zero-order valence-electron chi connectivity index (χ0n) is 20.9. The molecule has 0 aliphatic rings. The van der Waals surface area contributed by atoms with E-state index in [1.165, 1.54) is 29.5 Å². The first-order valence-corrected chi connectivity index (χ1v) is 14.0. The summed E-state index contributed by atoms with van der Waals surface area (Å²) in [6.45, 7) is 8.28. The van der Waals surface area contributed by atoms with Crippen LogP contribution in [0.3, 0.4) is 0 Å². The van der Waals surface area contributed by atoms with Gasteiger partial charge >= 0.3 is 0 Å². The zero-order chi connectivity index (χ0) is 26.7. The van der Waals surface area contributed by atoms with Gasteiger partial charge in [0.2, 0.25) is 10.0 Å². The fourth-order valence-corrected chi connectivity index (χ4v) is 5.23. The van der Waals surface area contributed by atoms with E-state index in [0.717, 1.165) is 44.2 Å². The minimum Gasteiger partial charge on any atom is -0.327 e. The van der Waals surface area contributed by atoms with E-state index in [1.807, 2.05) is 67.7 Å². The Morgan fingerprint density at radius 1 is 1.11 bits per heavy atom. The molecule has 0 radical (unpaired) electrons. The van der Waals surface area contributed by atoms with Crippen LogP contribution in [0, 0.1) is 19.7 Å². The molecule has 0 aliphatic heterocycles. The number of nitrogens with zero attached hydrogens (tertiary/aromatic N) is 2. The van der Waals surface area contributed by atoms with Crippen LogP contribution in [0.4, 0.5) is 9.52 Å². The van der Waals surface area contributed by atoms with Crippen LogP contribution < -0.4 is 10.0 Å². The van der Waals surface area contributed by atoms with Crippen molar-refractivity contribution in [2.24, 2.45) is 5.14 Å². The molecule has 0 spiro atoms. The Bertz CT molecular complexity index is 1590. The summed E-state index contributed by atoms with van der Waals surface area (Å²) in [7, 11) is -1.87. The number of primary sulfonamides is 1. The van der Waals surface area contributed by atoms with Crippen molar-refractivity contribution < 1.29 is 12.8 Å². The number of sulfonamides is 1. The number of nitrogens with two attached hydrogens (primary N) is 1. The van der Waals surface area contributed by atoms with E-state index in [9.17, 15) is 12.8 Å². The van der Waals surface area contributed by atoms with Crippen LogP contribution in [0.5, 0.6) is 0 Å². The predicted molar refractivity (Wildman–Crippen MR) is 150 cm³/mol. The molecule has 4 aromatic rings. The second-order valence-corrected chi connectivity index (χ2v) is 11.3. The number of rotatable bonds is 8. The van der Waals surface area contributed by atoms with Gasteiger partial charge < -0.3 is 4.90 Å². The lowest BCUT2D eigenvalue weighted by Crippen LogP contribution is -2.12. The number of hydrogen-bond donors (Lipinski definition) is 1. The molecule has 0 saturated carbocycles. The van der Waals surface area contributed by atoms with Gasteiger partial charge in [-0.15, -0.1) is 11.3 Å². The SMILES string of the molecule is C=C(/C(=C\N(C)c1nc(C)cs1)Cc1ccc(S(N)(=O)=O)cc1)c1ccc(F)c(-c2cccc(C)c2)c1. The molecule has 0 unspecified atom stereocenters. The number of thiazole rings is 1. The van der Waals surface area contributed by atoms with Gasteiger partial charge in [-0.3, -0.25) is 0 Å². The highest BCUT2D eigenvalue weighted by Gasteiger charge is 2.15. The number of anilines is 1. The number of aromatic nitrogens is 1. The highest BCUT2D eigenvalue weighted by atomic mass is 32.2. The summed E-state index contributed by atoms with van der Waals surface area (Å²) < 4.78 is 38.2. The summed E-state index contributed by atoms with van der Waals surface area (Å²) in [5, 5.41) is 8.06. The number of hydrogen-bond acceptors (Lipinski definition) is 5. The van der Waals surface area contributed by atoms with Gasteiger partial charge in [0.1, 0.15) is 5.82 Å². The molecule has 5 nitrogen and oxygen atoms in total. The van der Waals surface area contributed by atoms with Gasteiger partial charge in [-0.1, -0.05) is 54.6 Å². The number of halogens is 1. The van der Waals surface area contributed by atoms with E-state index in [1.54, 1.807) is 18.2 Å². The lowest BCUT2D eigenvalue weighted by atomic mass is 9.92. The first kappa shape index (κ1) is 26.5. The minimum atomic E-state index is -3.78. The molecule has 4 rings (SSSR count). The predicted octanol–water partition coefficient (Wildman–Crippen LogP) is 6.49. The van der Waals surface area contributed by atoms with E-state index in [2.05, 4.69) is 11.6 Å². The fraction of sp³-hybridized carbons (Fsp3) is 0.138. The maximum atomic E-state index is 14.8. The molecule has 0 aliphatic carbocycles. The van der Waals surface area contributed by atoms with Crippen molar-refractivity contribution in [3.63, 3.8) is 0 Å². The summed E-state index contributed by atoms with van der Waals surface area (Å²) in [6.07, 6.45) is 2.43. The first-order chi connectivity index (χ1) is 17.5. The van der Waals surface area contributed by atoms with E-state index in [4.69, 9.17) is 5.14 Å². The van der Waals surface area contributed by atoms with Crippen molar-refractivity contribution in [2.75, 3.05) is 11.9 Å². The Balaban J connectivity index is 1.73. The van der Waals surface area contributed by atoms with Crippen LogP contribution >= 0.6 is 11.3 Å². The van der Waals surface area contributed by atoms with E-state index >= 15 is 0 Å². The van der Waals surface area contributed by atoms with Crippen LogP contribution in [0.1, 0.15) is 22.4 Å². The van der Waals surface area contributed by atoms with Crippen molar-refractivity contribution in [1.82, 2.24) is 4.98 Å². The highest BCUT2D eigenvalue weighted by Crippen LogP contribution is 2.32. The molecule has 190 valence electrons. The lowest BCUT2D eigenvalue weighted by Gasteiger charge is -2.18. The molecule has 0 saturated heterocycles. The van der Waals surface area contributed by atoms with Gasteiger partial charge in [-0.05, 0) is 72.4 Å². The third kappa shape index (κ3) is 6.40. The molecule has 8 heteroatoms. The van der Waals surface area contributed by atoms with Crippen LogP contribution in [0.2, 0.25) is 0 Å². The lowest BCUT2D eigenvalue weighted by molar-refractivity contribution is 0.597. The average Bonchev–Trinajstić information content (AvgIpc) is 3.29. The molecule has 0 amide bonds. The number of benzene rings is 3. The molecule has 37 heavy (non-hydrogen) atoms. The van der Waals surface area contributed by atoms with Crippen molar-refractivity contribution in [3.8, 4) is 11.1 Å². The number of aryl methyl sites for hydroxylation is 2. The summed E-state index contributed by atoms with van der Waals surface area (Å²) in [5.74, 6) is -0.304. The monoisotopic (exact) mass is 533 g/mol. The molecule has 3 aromatic carbocycles. The molecule has 1 aromatic heterocycles. The van der Waals surface area contributed by atoms with Crippen LogP contribution in [0.25, 0.3) is 16.7 Å². The topological polar surface area (TPSA) is 76.3 Å². The smallest absolute Gasteiger partial charge is 0.238 e. The maximum absolute atomic E-state index is 14.8. The zero-order valence-corrected chi connectivity index (χ0v) is 22.5. The number of allylic oxidation sites excluding steroid dienone is 2. The Hall–Kier alpha value is -3.59. The molecule has 0 fully saturated rings. The van der Waals surface area contributed by atoms with Crippen molar-refractivity contribution >= 4 is 32.1 Å². The molecular formula is C29H28FN3O2S2. The molecule has 0 bridgehead atoms. The van der Waals surface area contributed by atoms with Gasteiger partial charge in [0.15, 0.2) is 5.13 Å². The van der Waals surface area contributed by atoms with Crippen molar-refractivity contribution in [3.05, 3.63) is 119 Å². The Morgan fingerprint density at radius 3 is 2.46 bits per heavy atom. The summed E-state index contributed by atoms with van der Waals surface area (Å²) >= 11 is 1.53. The second kappa shape index (κ2) is 10.8. The standard InChI is InChI=1S/C29H28FN3O2S2/c1-19-6-5-7-24(14-19)27-16-23(10-13-28(27)30)21(3)25(17-33(4)29-32-20(2)18-36-29)15-22-8-11-26(12-9-22)37(31,34)35/h5-14,16-18H,3,15H2,1-2,4H3,(H2,31,34,35)/b25-17-. The van der Waals surface area contributed by atoms with Gasteiger partial charge in [-0.25, -0.2) is 22.9 Å². The van der Waals surface area contributed by atoms with Crippen LogP contribution in [0.15, 0.2) is 95.4 Å². The average molecular weight is 534 g/mol. The first-order valence-electron chi connectivity index (χ1n) is 11.5. The summed E-state index contributed by atoms with van der Waals surface area (Å²) in [4.78, 5) is 6.54. The highest BCUT2D eigenvalue weighted by molar-refractivity contribution is 7.89. The van der Waals surface area contributed by atoms with Gasteiger partial charge in [0, 0.05) is 24.2 Å². The van der Waals surface area contributed by atoms with E-state index < -0.39 is 10.0 Å². The van der Waals surface area contributed by atoms with Crippen LogP contribution in [-0.4, -0.2) is 20.4 Å². The molecule has 1 heterocycles. The van der Waals surface area contributed by atoms with Gasteiger partial charge in [0.25, 0.3) is 0 Å². The minimum absolute atomic E-state index is 0.0531. The fourth-order valence-electron chi connectivity index (χ4n) is 3.97.